The highest BCUT2D eigenvalue weighted by Gasteiger charge is 2.18. The molecule has 3 rings (SSSR count). The number of hydrogen-bond acceptors (Lipinski definition) is 6. The molecule has 0 spiro atoms. The van der Waals surface area contributed by atoms with Gasteiger partial charge in [0.1, 0.15) is 11.3 Å². The Labute approximate surface area is 143 Å². The second-order valence-electron chi connectivity index (χ2n) is 5.01. The van der Waals surface area contributed by atoms with E-state index < -0.39 is 10.0 Å². The molecule has 8 heteroatoms. The van der Waals surface area contributed by atoms with Gasteiger partial charge in [-0.2, -0.15) is 0 Å². The Kier molecular flexibility index (Phi) is 4.25. The van der Waals surface area contributed by atoms with E-state index in [1.54, 1.807) is 6.07 Å². The van der Waals surface area contributed by atoms with E-state index in [2.05, 4.69) is 9.71 Å². The van der Waals surface area contributed by atoms with Crippen LogP contribution in [0.4, 0.5) is 5.13 Å². The van der Waals surface area contributed by atoms with Crippen molar-refractivity contribution in [3.8, 4) is 5.75 Å². The first-order valence-electron chi connectivity index (χ1n) is 6.98. The summed E-state index contributed by atoms with van der Waals surface area (Å²) in [6.07, 6.45) is 0. The zero-order valence-corrected chi connectivity index (χ0v) is 14.6. The van der Waals surface area contributed by atoms with Crippen LogP contribution in [-0.4, -0.2) is 26.3 Å². The van der Waals surface area contributed by atoms with Crippen molar-refractivity contribution in [3.05, 3.63) is 48.0 Å². The number of para-hydroxylation sites is 1. The number of nitrogens with zero attached hydrogens (tertiary/aromatic N) is 1. The van der Waals surface area contributed by atoms with Gasteiger partial charge in [0.05, 0.1) is 16.7 Å². The van der Waals surface area contributed by atoms with Gasteiger partial charge in [-0.05, 0) is 31.2 Å². The number of carbonyl (C=O) groups excluding carboxylic acids is 1. The zero-order chi connectivity index (χ0) is 17.3. The maximum atomic E-state index is 12.5. The normalized spacial score (nSPS) is 11.4. The second-order valence-corrected chi connectivity index (χ2v) is 7.73. The number of hydrogen-bond donors (Lipinski definition) is 1. The van der Waals surface area contributed by atoms with E-state index in [0.29, 0.717) is 16.8 Å². The van der Waals surface area contributed by atoms with Gasteiger partial charge in [-0.3, -0.25) is 9.52 Å². The molecular weight excluding hydrogens is 348 g/mol. The molecule has 124 valence electrons. The Morgan fingerprint density at radius 3 is 2.50 bits per heavy atom. The standard InChI is InChI=1S/C16H14N2O4S2/c1-10(19)11-6-8-12(9-7-11)24(20,21)18-16-17-15-13(22-2)4-3-5-14(15)23-16/h3-9H,1-2H3,(H,17,18). The van der Waals surface area contributed by atoms with Gasteiger partial charge in [0.25, 0.3) is 10.0 Å². The van der Waals surface area contributed by atoms with Crippen molar-refractivity contribution >= 4 is 42.5 Å². The lowest BCUT2D eigenvalue weighted by atomic mass is 10.2. The third kappa shape index (κ3) is 3.10. The minimum absolute atomic E-state index is 0.0683. The van der Waals surface area contributed by atoms with Crippen molar-refractivity contribution in [2.45, 2.75) is 11.8 Å². The Bertz CT molecular complexity index is 1010. The van der Waals surface area contributed by atoms with Crippen LogP contribution in [0.5, 0.6) is 5.75 Å². The van der Waals surface area contributed by atoms with Crippen LogP contribution >= 0.6 is 11.3 Å². The van der Waals surface area contributed by atoms with Gasteiger partial charge in [0.15, 0.2) is 10.9 Å². The number of ketones is 1. The fourth-order valence-corrected chi connectivity index (χ4v) is 4.29. The van der Waals surface area contributed by atoms with Gasteiger partial charge >= 0.3 is 0 Å². The third-order valence-corrected chi connectivity index (χ3v) is 5.81. The lowest BCUT2D eigenvalue weighted by Crippen LogP contribution is -2.12. The molecule has 1 N–H and O–H groups in total. The molecule has 1 heterocycles. The summed E-state index contributed by atoms with van der Waals surface area (Å²) < 4.78 is 33.4. The van der Waals surface area contributed by atoms with Crippen molar-refractivity contribution < 1.29 is 17.9 Å². The predicted octanol–water partition coefficient (Wildman–Crippen LogP) is 3.31. The molecule has 0 saturated carbocycles. The predicted molar refractivity (Wildman–Crippen MR) is 93.4 cm³/mol. The highest BCUT2D eigenvalue weighted by Crippen LogP contribution is 2.33. The molecule has 3 aromatic rings. The molecule has 0 saturated heterocycles. The van der Waals surface area contributed by atoms with Crippen LogP contribution in [0.3, 0.4) is 0 Å². The average Bonchev–Trinajstić information content (AvgIpc) is 2.96. The fraction of sp³-hybridized carbons (Fsp3) is 0.125. The number of nitrogens with one attached hydrogen (secondary N) is 1. The zero-order valence-electron chi connectivity index (χ0n) is 12.9. The summed E-state index contributed by atoms with van der Waals surface area (Å²) in [4.78, 5) is 15.6. The number of aromatic nitrogens is 1. The van der Waals surface area contributed by atoms with E-state index in [-0.39, 0.29) is 15.8 Å². The van der Waals surface area contributed by atoms with Gasteiger partial charge in [-0.1, -0.05) is 29.5 Å². The molecule has 0 atom stereocenters. The summed E-state index contributed by atoms with van der Waals surface area (Å²) in [5.74, 6) is 0.463. The van der Waals surface area contributed by atoms with Crippen LogP contribution in [0.2, 0.25) is 0 Å². The topological polar surface area (TPSA) is 85.4 Å². The summed E-state index contributed by atoms with van der Waals surface area (Å²) in [5, 5.41) is 0.255. The highest BCUT2D eigenvalue weighted by molar-refractivity contribution is 7.93. The van der Waals surface area contributed by atoms with E-state index >= 15 is 0 Å². The molecule has 2 aromatic carbocycles. The minimum Gasteiger partial charge on any atom is -0.494 e. The average molecular weight is 362 g/mol. The molecule has 0 aliphatic heterocycles. The van der Waals surface area contributed by atoms with E-state index in [9.17, 15) is 13.2 Å². The maximum Gasteiger partial charge on any atom is 0.263 e. The van der Waals surface area contributed by atoms with Gasteiger partial charge < -0.3 is 4.74 Å². The summed E-state index contributed by atoms with van der Waals surface area (Å²) in [6.45, 7) is 1.43. The SMILES string of the molecule is COc1cccc2sc(NS(=O)(=O)c3ccc(C(C)=O)cc3)nc12. The molecule has 0 aliphatic rings. The molecule has 0 unspecified atom stereocenters. The van der Waals surface area contributed by atoms with Crippen LogP contribution in [0.1, 0.15) is 17.3 Å². The van der Waals surface area contributed by atoms with Crippen molar-refractivity contribution in [3.63, 3.8) is 0 Å². The number of anilines is 1. The van der Waals surface area contributed by atoms with E-state index in [1.807, 2.05) is 12.1 Å². The van der Waals surface area contributed by atoms with Crippen LogP contribution in [0.15, 0.2) is 47.4 Å². The second kappa shape index (κ2) is 6.21. The Balaban J connectivity index is 1.93. The monoisotopic (exact) mass is 362 g/mol. The smallest absolute Gasteiger partial charge is 0.263 e. The number of ether oxygens (including phenoxy) is 1. The molecule has 1 aromatic heterocycles. The summed E-state index contributed by atoms with van der Waals surface area (Å²) in [7, 11) is -2.24. The fourth-order valence-electron chi connectivity index (χ4n) is 2.17. The number of carbonyl (C=O) groups is 1. The number of thiazole rings is 1. The Morgan fingerprint density at radius 1 is 1.17 bits per heavy atom. The van der Waals surface area contributed by atoms with Gasteiger partial charge in [-0.25, -0.2) is 13.4 Å². The number of Topliss-reactive ketones (excluding diaryl/α,β-unsaturated/α-hetero) is 1. The maximum absolute atomic E-state index is 12.5. The third-order valence-electron chi connectivity index (χ3n) is 3.39. The molecule has 24 heavy (non-hydrogen) atoms. The lowest BCUT2D eigenvalue weighted by Gasteiger charge is -2.05. The van der Waals surface area contributed by atoms with Crippen molar-refractivity contribution in [1.29, 1.82) is 0 Å². The Hall–Kier alpha value is -2.45. The summed E-state index contributed by atoms with van der Waals surface area (Å²) in [5.41, 5.74) is 1.06. The van der Waals surface area contributed by atoms with E-state index in [1.165, 1.54) is 49.6 Å². The Morgan fingerprint density at radius 2 is 1.88 bits per heavy atom. The highest BCUT2D eigenvalue weighted by atomic mass is 32.2. The quantitative estimate of drug-likeness (QED) is 0.704. The number of benzene rings is 2. The van der Waals surface area contributed by atoms with Gasteiger partial charge in [-0.15, -0.1) is 0 Å². The van der Waals surface area contributed by atoms with Gasteiger partial charge in [0, 0.05) is 5.56 Å². The number of fused-ring (bicyclic) bond motifs is 1. The van der Waals surface area contributed by atoms with Crippen LogP contribution in [-0.2, 0) is 10.0 Å². The number of rotatable bonds is 5. The van der Waals surface area contributed by atoms with E-state index in [4.69, 9.17) is 4.74 Å². The summed E-state index contributed by atoms with van der Waals surface area (Å²) >= 11 is 1.22. The first kappa shape index (κ1) is 16.4. The van der Waals surface area contributed by atoms with Crippen LogP contribution < -0.4 is 9.46 Å². The first-order valence-corrected chi connectivity index (χ1v) is 9.28. The van der Waals surface area contributed by atoms with Gasteiger partial charge in [0.2, 0.25) is 0 Å². The molecule has 0 fully saturated rings. The largest absolute Gasteiger partial charge is 0.494 e. The molecule has 0 amide bonds. The van der Waals surface area contributed by atoms with Crippen molar-refractivity contribution in [1.82, 2.24) is 4.98 Å². The van der Waals surface area contributed by atoms with Crippen LogP contribution in [0.25, 0.3) is 10.2 Å². The van der Waals surface area contributed by atoms with Crippen LogP contribution in [0, 0.1) is 0 Å². The number of sulfonamides is 1. The summed E-state index contributed by atoms with van der Waals surface area (Å²) in [6, 6.07) is 11.2. The number of methoxy groups -OCH3 is 1. The molecular formula is C16H14N2O4S2. The van der Waals surface area contributed by atoms with E-state index in [0.717, 1.165) is 4.70 Å². The molecule has 0 radical (unpaired) electrons. The minimum atomic E-state index is -3.78. The molecule has 6 nitrogen and oxygen atoms in total. The first-order chi connectivity index (χ1) is 11.4. The van der Waals surface area contributed by atoms with Crippen molar-refractivity contribution in [2.24, 2.45) is 0 Å². The van der Waals surface area contributed by atoms with Crippen molar-refractivity contribution in [2.75, 3.05) is 11.8 Å². The molecule has 0 aliphatic carbocycles. The molecule has 0 bridgehead atoms. The lowest BCUT2D eigenvalue weighted by molar-refractivity contribution is 0.101.